The second kappa shape index (κ2) is 16.5. The number of ether oxygens (including phenoxy) is 3. The lowest BCUT2D eigenvalue weighted by Gasteiger charge is -2.44. The number of hydrogen-bond acceptors (Lipinski definition) is 8. The lowest BCUT2D eigenvalue weighted by atomic mass is 9.82. The molecule has 0 radical (unpaired) electrons. The molecule has 53 heavy (non-hydrogen) atoms. The summed E-state index contributed by atoms with van der Waals surface area (Å²) in [5.74, 6) is -1.94. The molecule has 0 aliphatic carbocycles. The smallest absolute Gasteiger partial charge is 0.414 e. The number of amides is 1. The minimum absolute atomic E-state index is 0.00544. The zero-order valence-corrected chi connectivity index (χ0v) is 30.5. The maximum atomic E-state index is 13.9. The minimum atomic E-state index is -3.12. The SMILES string of the molecule is CC(C)Oc1cc([C@H](Cc2c(Cl)c[n+](O)cc2Cl)c2cc(CN(C(=O)O[C@H]3CN4CCC3CC4)c3cccnc3)ccc2C(=O)O)ccc1OC(F)F. The van der Waals surface area contributed by atoms with Gasteiger partial charge < -0.3 is 19.3 Å². The Hall–Kier alpha value is -4.72. The zero-order chi connectivity index (χ0) is 37.8. The van der Waals surface area contributed by atoms with Crippen LogP contribution >= 0.6 is 23.2 Å². The van der Waals surface area contributed by atoms with Crippen molar-refractivity contribution in [2.45, 2.75) is 64.4 Å². The number of aromatic nitrogens is 2. The Kier molecular flexibility index (Phi) is 11.9. The van der Waals surface area contributed by atoms with E-state index in [0.29, 0.717) is 39.2 Å². The monoisotopic (exact) mass is 771 g/mol. The van der Waals surface area contributed by atoms with Gasteiger partial charge in [0.25, 0.3) is 0 Å². The van der Waals surface area contributed by atoms with E-state index in [2.05, 4.69) is 9.88 Å². The first-order valence-electron chi connectivity index (χ1n) is 17.2. The van der Waals surface area contributed by atoms with Gasteiger partial charge in [0.1, 0.15) is 16.1 Å². The van der Waals surface area contributed by atoms with Crippen LogP contribution in [0.25, 0.3) is 0 Å². The van der Waals surface area contributed by atoms with E-state index in [4.69, 9.17) is 37.4 Å². The van der Waals surface area contributed by atoms with E-state index < -0.39 is 30.7 Å². The number of halogens is 4. The molecule has 0 spiro atoms. The lowest BCUT2D eigenvalue weighted by Crippen LogP contribution is -2.53. The van der Waals surface area contributed by atoms with Crippen molar-refractivity contribution in [2.75, 3.05) is 24.5 Å². The van der Waals surface area contributed by atoms with Crippen molar-refractivity contribution in [3.05, 3.63) is 111 Å². The number of piperidine rings is 3. The highest BCUT2D eigenvalue weighted by atomic mass is 35.5. The molecule has 2 atom stereocenters. The molecule has 0 unspecified atom stereocenters. The maximum absolute atomic E-state index is 13.9. The predicted molar refractivity (Wildman–Crippen MR) is 191 cm³/mol. The summed E-state index contributed by atoms with van der Waals surface area (Å²) in [6, 6.07) is 12.6. The van der Waals surface area contributed by atoms with Gasteiger partial charge in [-0.1, -0.05) is 41.4 Å². The Bertz CT molecular complexity index is 1920. The van der Waals surface area contributed by atoms with Crippen molar-refractivity contribution < 1.29 is 47.6 Å². The van der Waals surface area contributed by atoms with Crippen LogP contribution in [0.3, 0.4) is 0 Å². The third kappa shape index (κ3) is 9.09. The van der Waals surface area contributed by atoms with Crippen LogP contribution in [0.5, 0.6) is 11.5 Å². The van der Waals surface area contributed by atoms with Gasteiger partial charge in [0.2, 0.25) is 12.4 Å². The van der Waals surface area contributed by atoms with Crippen LogP contribution in [0.1, 0.15) is 65.2 Å². The van der Waals surface area contributed by atoms with Gasteiger partial charge >= 0.3 is 18.7 Å². The summed E-state index contributed by atoms with van der Waals surface area (Å²) in [6.45, 7) is 2.98. The lowest BCUT2D eigenvalue weighted by molar-refractivity contribution is -0.904. The van der Waals surface area contributed by atoms with Gasteiger partial charge in [0.05, 0.1) is 30.1 Å². The molecule has 4 aromatic rings. The van der Waals surface area contributed by atoms with E-state index >= 15 is 0 Å². The molecular formula is C38H39Cl2F2N4O7+. The number of hydrogen-bond donors (Lipinski definition) is 2. The molecule has 3 aliphatic heterocycles. The predicted octanol–water partition coefficient (Wildman–Crippen LogP) is 7.61. The molecule has 0 saturated carbocycles. The normalized spacial score (nSPS) is 18.5. The molecular weight excluding hydrogens is 733 g/mol. The number of carboxylic acids is 1. The van der Waals surface area contributed by atoms with Crippen LogP contribution in [0.4, 0.5) is 19.3 Å². The Labute approximate surface area is 315 Å². The van der Waals surface area contributed by atoms with Gasteiger partial charge in [0.15, 0.2) is 11.5 Å². The summed E-state index contributed by atoms with van der Waals surface area (Å²) in [5, 5.41) is 20.7. The van der Waals surface area contributed by atoms with Crippen molar-refractivity contribution in [1.82, 2.24) is 9.88 Å². The number of rotatable bonds is 13. The Morgan fingerprint density at radius 2 is 1.77 bits per heavy atom. The highest BCUT2D eigenvalue weighted by molar-refractivity contribution is 6.35. The number of carbonyl (C=O) groups is 2. The summed E-state index contributed by atoms with van der Waals surface area (Å²) in [4.78, 5) is 34.7. The van der Waals surface area contributed by atoms with Gasteiger partial charge in [-0.15, -0.1) is 0 Å². The van der Waals surface area contributed by atoms with Crippen molar-refractivity contribution >= 4 is 41.0 Å². The molecule has 2 bridgehead atoms. The van der Waals surface area contributed by atoms with E-state index in [9.17, 15) is 28.7 Å². The fraction of sp³-hybridized carbons (Fsp3) is 0.368. The van der Waals surface area contributed by atoms with E-state index in [1.807, 2.05) is 0 Å². The van der Waals surface area contributed by atoms with Crippen molar-refractivity contribution in [1.29, 1.82) is 0 Å². The van der Waals surface area contributed by atoms with E-state index in [-0.39, 0.29) is 52.1 Å². The Balaban J connectivity index is 1.43. The second-order valence-electron chi connectivity index (χ2n) is 13.4. The summed E-state index contributed by atoms with van der Waals surface area (Å²) in [5.41, 5.74) is 2.19. The molecule has 2 aromatic heterocycles. The highest BCUT2D eigenvalue weighted by Crippen LogP contribution is 2.40. The molecule has 3 aliphatic rings. The average Bonchev–Trinajstić information content (AvgIpc) is 3.11. The molecule has 7 rings (SSSR count). The summed E-state index contributed by atoms with van der Waals surface area (Å²) in [7, 11) is 0. The number of anilines is 1. The largest absolute Gasteiger partial charge is 0.487 e. The first-order valence-corrected chi connectivity index (χ1v) is 17.9. The van der Waals surface area contributed by atoms with Crippen molar-refractivity contribution in [3.63, 3.8) is 0 Å². The van der Waals surface area contributed by atoms with E-state index in [0.717, 1.165) is 25.9 Å². The molecule has 3 saturated heterocycles. The number of carbonyl (C=O) groups excluding carboxylic acids is 1. The van der Waals surface area contributed by atoms with Gasteiger partial charge in [-0.05, 0) is 99.1 Å². The number of fused-ring (bicyclic) bond motifs is 3. The number of carboxylic acid groups (broad SMARTS) is 1. The average molecular weight is 773 g/mol. The van der Waals surface area contributed by atoms with Gasteiger partial charge in [-0.3, -0.25) is 20.0 Å². The molecule has 2 N–H and O–H groups in total. The first kappa shape index (κ1) is 38.0. The molecule has 11 nitrogen and oxygen atoms in total. The molecule has 2 aromatic carbocycles. The third-order valence-corrected chi connectivity index (χ3v) is 10.2. The fourth-order valence-electron chi connectivity index (χ4n) is 7.02. The van der Waals surface area contributed by atoms with E-state index in [1.54, 1.807) is 50.5 Å². The van der Waals surface area contributed by atoms with Crippen molar-refractivity contribution in [2.24, 2.45) is 5.92 Å². The number of aromatic carboxylic acids is 1. The van der Waals surface area contributed by atoms with Crippen molar-refractivity contribution in [3.8, 4) is 11.5 Å². The topological polar surface area (TPSA) is 126 Å². The quantitative estimate of drug-likeness (QED) is 0.104. The summed E-state index contributed by atoms with van der Waals surface area (Å²) in [6.07, 6.45) is 6.35. The molecule has 5 heterocycles. The van der Waals surface area contributed by atoms with E-state index in [1.165, 1.54) is 41.6 Å². The Morgan fingerprint density at radius 3 is 2.38 bits per heavy atom. The molecule has 15 heteroatoms. The summed E-state index contributed by atoms with van der Waals surface area (Å²) >= 11 is 13.1. The second-order valence-corrected chi connectivity index (χ2v) is 14.2. The van der Waals surface area contributed by atoms with Crippen LogP contribution < -0.4 is 19.1 Å². The van der Waals surface area contributed by atoms with Crippen LogP contribution in [0.2, 0.25) is 10.0 Å². The van der Waals surface area contributed by atoms with Crippen LogP contribution in [-0.4, -0.2) is 70.7 Å². The third-order valence-electron chi connectivity index (χ3n) is 9.51. The molecule has 1 amide bonds. The van der Waals surface area contributed by atoms with Crippen LogP contribution in [0.15, 0.2) is 73.3 Å². The Morgan fingerprint density at radius 1 is 1.04 bits per heavy atom. The summed E-state index contributed by atoms with van der Waals surface area (Å²) < 4.78 is 44.2. The van der Waals surface area contributed by atoms with Gasteiger partial charge in [0, 0.05) is 29.0 Å². The zero-order valence-electron chi connectivity index (χ0n) is 29.0. The van der Waals surface area contributed by atoms with Gasteiger partial charge in [-0.2, -0.15) is 8.78 Å². The van der Waals surface area contributed by atoms with Gasteiger partial charge in [-0.25, -0.2) is 9.59 Å². The minimum Gasteiger partial charge on any atom is -0.487 e. The van der Waals surface area contributed by atoms with Crippen LogP contribution in [-0.2, 0) is 17.7 Å². The number of pyridine rings is 2. The standard InChI is InChI=1S/C38H38Cl2F2N4O7/c1-22(2)51-34-15-25(6-8-33(34)52-37(41)42)28(16-30-31(39)19-45(50)20-32(30)40)29-14-23(5-7-27(29)36(47)48)18-46(26-4-3-11-43-17-26)38(49)53-35-21-44-12-9-24(35)10-13-44/h3-8,11,14-15,17,19-20,22,24,28,35,37H,9-10,12-13,16,18,21H2,1-2H3,(H-,47,48,50)/p+1/t28-,35-/m0/s1. The molecule has 280 valence electrons. The number of alkyl halides is 2. The maximum Gasteiger partial charge on any atom is 0.414 e. The fourth-order valence-corrected chi connectivity index (χ4v) is 7.62. The number of nitrogens with zero attached hydrogens (tertiary/aromatic N) is 4. The highest BCUT2D eigenvalue weighted by Gasteiger charge is 2.38. The molecule has 3 fully saturated rings. The number of benzene rings is 2. The first-order chi connectivity index (χ1) is 25.4. The van der Waals surface area contributed by atoms with Crippen LogP contribution in [0, 0.1) is 5.92 Å².